The summed E-state index contributed by atoms with van der Waals surface area (Å²) in [5, 5.41) is 11.0. The fourth-order valence-electron chi connectivity index (χ4n) is 1.55. The normalized spacial score (nSPS) is 9.60. The van der Waals surface area contributed by atoms with E-state index in [1.54, 1.807) is 30.3 Å². The van der Waals surface area contributed by atoms with Crippen molar-refractivity contribution in [3.63, 3.8) is 0 Å². The van der Waals surface area contributed by atoms with E-state index >= 15 is 0 Å². The van der Waals surface area contributed by atoms with Crippen LogP contribution < -0.4 is 10.1 Å². The van der Waals surface area contributed by atoms with Gasteiger partial charge in [0.05, 0.1) is 6.07 Å². The van der Waals surface area contributed by atoms with Crippen molar-refractivity contribution in [2.75, 3.05) is 5.32 Å². The van der Waals surface area contributed by atoms with Crippen LogP contribution in [0.3, 0.4) is 0 Å². The Kier molecular flexibility index (Phi) is 4.30. The highest BCUT2D eigenvalue weighted by atomic mass is 19.1. The number of carbonyl (C=O) groups is 1. The molecule has 1 amide bonds. The van der Waals surface area contributed by atoms with Gasteiger partial charge < -0.3 is 10.1 Å². The standard InChI is InChI=1S/C15H11FN2O2/c16-11-4-6-13(7-5-11)20-14-3-1-2-12(10-14)18-15(19)8-9-17/h1-7,10H,8H2,(H,18,19). The monoisotopic (exact) mass is 270 g/mol. The molecular formula is C15H11FN2O2. The number of nitrogens with one attached hydrogen (secondary N) is 1. The molecule has 4 nitrogen and oxygen atoms in total. The quantitative estimate of drug-likeness (QED) is 0.925. The molecule has 20 heavy (non-hydrogen) atoms. The third-order valence-electron chi connectivity index (χ3n) is 2.41. The lowest BCUT2D eigenvalue weighted by Crippen LogP contribution is -2.09. The highest BCUT2D eigenvalue weighted by Crippen LogP contribution is 2.24. The number of ether oxygens (including phenoxy) is 1. The van der Waals surface area contributed by atoms with Crippen LogP contribution in [0, 0.1) is 17.1 Å². The van der Waals surface area contributed by atoms with Crippen LogP contribution in [0.15, 0.2) is 48.5 Å². The number of nitriles is 1. The zero-order valence-corrected chi connectivity index (χ0v) is 10.5. The van der Waals surface area contributed by atoms with Crippen LogP contribution in [0.1, 0.15) is 6.42 Å². The minimum absolute atomic E-state index is 0.205. The second kappa shape index (κ2) is 6.34. The molecule has 0 saturated heterocycles. The summed E-state index contributed by atoms with van der Waals surface area (Å²) in [5.74, 6) is 0.277. The lowest BCUT2D eigenvalue weighted by atomic mass is 10.3. The SMILES string of the molecule is N#CCC(=O)Nc1cccc(Oc2ccc(F)cc2)c1. The molecule has 0 aliphatic rings. The summed E-state index contributed by atoms with van der Waals surface area (Å²) >= 11 is 0. The molecule has 2 rings (SSSR count). The van der Waals surface area contributed by atoms with Gasteiger partial charge in [0.2, 0.25) is 5.91 Å². The van der Waals surface area contributed by atoms with Crippen molar-refractivity contribution in [1.82, 2.24) is 0 Å². The van der Waals surface area contributed by atoms with Gasteiger partial charge in [0.1, 0.15) is 23.7 Å². The molecule has 0 aromatic heterocycles. The van der Waals surface area contributed by atoms with E-state index in [0.29, 0.717) is 17.2 Å². The van der Waals surface area contributed by atoms with Crippen LogP contribution in [0.4, 0.5) is 10.1 Å². The summed E-state index contributed by atoms with van der Waals surface area (Å²) in [6.07, 6.45) is -0.205. The Morgan fingerprint density at radius 1 is 1.20 bits per heavy atom. The molecule has 5 heteroatoms. The largest absolute Gasteiger partial charge is 0.457 e. The summed E-state index contributed by atoms with van der Waals surface area (Å²) < 4.78 is 18.3. The Bertz CT molecular complexity index is 648. The molecule has 0 bridgehead atoms. The third-order valence-corrected chi connectivity index (χ3v) is 2.41. The van der Waals surface area contributed by atoms with Gasteiger partial charge in [-0.25, -0.2) is 4.39 Å². The van der Waals surface area contributed by atoms with E-state index in [0.717, 1.165) is 0 Å². The number of nitrogens with zero attached hydrogens (tertiary/aromatic N) is 1. The molecule has 0 heterocycles. The molecule has 2 aromatic rings. The number of rotatable bonds is 4. The number of amides is 1. The Hall–Kier alpha value is -2.87. The van der Waals surface area contributed by atoms with E-state index < -0.39 is 0 Å². The van der Waals surface area contributed by atoms with Crippen molar-refractivity contribution in [3.05, 3.63) is 54.3 Å². The van der Waals surface area contributed by atoms with Crippen LogP contribution in [0.5, 0.6) is 11.5 Å². The summed E-state index contributed by atoms with van der Waals surface area (Å²) in [7, 11) is 0. The molecule has 0 saturated carbocycles. The van der Waals surface area contributed by atoms with E-state index in [4.69, 9.17) is 10.00 Å². The molecule has 0 spiro atoms. The smallest absolute Gasteiger partial charge is 0.238 e. The van der Waals surface area contributed by atoms with Crippen molar-refractivity contribution in [2.45, 2.75) is 6.42 Å². The van der Waals surface area contributed by atoms with Gasteiger partial charge in [-0.2, -0.15) is 5.26 Å². The number of halogens is 1. The van der Waals surface area contributed by atoms with E-state index in [2.05, 4.69) is 5.32 Å². The number of hydrogen-bond donors (Lipinski definition) is 1. The van der Waals surface area contributed by atoms with Crippen LogP contribution in [-0.2, 0) is 4.79 Å². The molecular weight excluding hydrogens is 259 g/mol. The fraction of sp³-hybridized carbons (Fsp3) is 0.0667. The van der Waals surface area contributed by atoms with E-state index in [-0.39, 0.29) is 18.1 Å². The van der Waals surface area contributed by atoms with Crippen molar-refractivity contribution in [3.8, 4) is 17.6 Å². The average molecular weight is 270 g/mol. The van der Waals surface area contributed by atoms with E-state index in [1.807, 2.05) is 0 Å². The maximum absolute atomic E-state index is 12.8. The van der Waals surface area contributed by atoms with Gasteiger partial charge >= 0.3 is 0 Å². The molecule has 0 fully saturated rings. The predicted octanol–water partition coefficient (Wildman–Crippen LogP) is 3.47. The lowest BCUT2D eigenvalue weighted by Gasteiger charge is -2.08. The minimum Gasteiger partial charge on any atom is -0.457 e. The Balaban J connectivity index is 2.08. The van der Waals surface area contributed by atoms with Gasteiger partial charge in [-0.15, -0.1) is 0 Å². The van der Waals surface area contributed by atoms with Gasteiger partial charge in [0.15, 0.2) is 0 Å². The fourth-order valence-corrected chi connectivity index (χ4v) is 1.55. The first-order chi connectivity index (χ1) is 9.67. The molecule has 100 valence electrons. The van der Waals surface area contributed by atoms with Crippen molar-refractivity contribution in [1.29, 1.82) is 5.26 Å². The number of carbonyl (C=O) groups excluding carboxylic acids is 1. The van der Waals surface area contributed by atoms with Gasteiger partial charge in [0, 0.05) is 11.8 Å². The first-order valence-corrected chi connectivity index (χ1v) is 5.87. The van der Waals surface area contributed by atoms with Crippen molar-refractivity contribution >= 4 is 11.6 Å². The van der Waals surface area contributed by atoms with Crippen molar-refractivity contribution in [2.24, 2.45) is 0 Å². The van der Waals surface area contributed by atoms with E-state index in [1.165, 1.54) is 24.3 Å². The van der Waals surface area contributed by atoms with Crippen LogP contribution >= 0.6 is 0 Å². The van der Waals surface area contributed by atoms with Crippen molar-refractivity contribution < 1.29 is 13.9 Å². The molecule has 0 aliphatic carbocycles. The molecule has 2 aromatic carbocycles. The van der Waals surface area contributed by atoms with Crippen LogP contribution in [0.2, 0.25) is 0 Å². The lowest BCUT2D eigenvalue weighted by molar-refractivity contribution is -0.115. The number of benzene rings is 2. The second-order valence-corrected chi connectivity index (χ2v) is 3.97. The van der Waals surface area contributed by atoms with Crippen LogP contribution in [-0.4, -0.2) is 5.91 Å². The molecule has 0 atom stereocenters. The highest BCUT2D eigenvalue weighted by Gasteiger charge is 2.03. The first-order valence-electron chi connectivity index (χ1n) is 5.87. The van der Waals surface area contributed by atoms with Gasteiger partial charge in [-0.3, -0.25) is 4.79 Å². The Morgan fingerprint density at radius 2 is 1.95 bits per heavy atom. The summed E-state index contributed by atoms with van der Waals surface area (Å²) in [5.41, 5.74) is 0.532. The summed E-state index contributed by atoms with van der Waals surface area (Å²) in [4.78, 5) is 11.3. The number of anilines is 1. The Labute approximate surface area is 115 Å². The highest BCUT2D eigenvalue weighted by molar-refractivity contribution is 5.92. The average Bonchev–Trinajstić information content (AvgIpc) is 2.42. The number of hydrogen-bond acceptors (Lipinski definition) is 3. The molecule has 1 N–H and O–H groups in total. The van der Waals surface area contributed by atoms with E-state index in [9.17, 15) is 9.18 Å². The maximum atomic E-state index is 12.8. The third kappa shape index (κ3) is 3.82. The van der Waals surface area contributed by atoms with Crippen LogP contribution in [0.25, 0.3) is 0 Å². The Morgan fingerprint density at radius 3 is 2.65 bits per heavy atom. The zero-order chi connectivity index (χ0) is 14.4. The molecule has 0 radical (unpaired) electrons. The summed E-state index contributed by atoms with van der Waals surface area (Å²) in [6, 6.07) is 14.1. The summed E-state index contributed by atoms with van der Waals surface area (Å²) in [6.45, 7) is 0. The first kappa shape index (κ1) is 13.6. The molecule has 0 aliphatic heterocycles. The zero-order valence-electron chi connectivity index (χ0n) is 10.5. The van der Waals surface area contributed by atoms with Gasteiger partial charge in [-0.1, -0.05) is 6.07 Å². The second-order valence-electron chi connectivity index (χ2n) is 3.97. The predicted molar refractivity (Wildman–Crippen MR) is 71.8 cm³/mol. The van der Waals surface area contributed by atoms with Gasteiger partial charge in [-0.05, 0) is 36.4 Å². The maximum Gasteiger partial charge on any atom is 0.238 e. The topological polar surface area (TPSA) is 62.1 Å². The molecule has 0 unspecified atom stereocenters. The minimum atomic E-state index is -0.383. The van der Waals surface area contributed by atoms with Gasteiger partial charge in [0.25, 0.3) is 0 Å².